The molecule has 24 heavy (non-hydrogen) atoms. The summed E-state index contributed by atoms with van der Waals surface area (Å²) in [7, 11) is 0. The van der Waals surface area contributed by atoms with E-state index in [1.54, 1.807) is 24.3 Å². The molecule has 0 heterocycles. The van der Waals surface area contributed by atoms with E-state index in [0.717, 1.165) is 5.56 Å². The van der Waals surface area contributed by atoms with Crippen LogP contribution in [0.1, 0.15) is 40.2 Å². The predicted molar refractivity (Wildman–Crippen MR) is 92.9 cm³/mol. The molecule has 6 heteroatoms. The number of carboxylic acid groups (broad SMARTS) is 1. The second kappa shape index (κ2) is 8.15. The van der Waals surface area contributed by atoms with Gasteiger partial charge in [-0.25, -0.2) is 4.79 Å². The van der Waals surface area contributed by atoms with E-state index in [0.29, 0.717) is 5.75 Å². The molecule has 0 spiro atoms. The molecule has 1 aromatic rings. The number of ether oxygens (including phenoxy) is 1. The molecule has 0 aliphatic heterocycles. The van der Waals surface area contributed by atoms with Crippen LogP contribution < -0.4 is 15.8 Å². The molecule has 0 aliphatic carbocycles. The number of nitrogens with one attached hydrogen (secondary N) is 1. The zero-order valence-electron chi connectivity index (χ0n) is 15.0. The first-order chi connectivity index (χ1) is 11.0. The number of carbonyl (C=O) groups is 2. The van der Waals surface area contributed by atoms with Crippen molar-refractivity contribution in [2.75, 3.05) is 0 Å². The van der Waals surface area contributed by atoms with Crippen LogP contribution in [0.3, 0.4) is 0 Å². The Balaban J connectivity index is 2.75. The van der Waals surface area contributed by atoms with E-state index < -0.39 is 24.0 Å². The summed E-state index contributed by atoms with van der Waals surface area (Å²) in [4.78, 5) is 23.4. The number of carbonyl (C=O) groups excluding carboxylic acids is 1. The van der Waals surface area contributed by atoms with Crippen LogP contribution in [0.2, 0.25) is 0 Å². The van der Waals surface area contributed by atoms with Crippen molar-refractivity contribution in [3.63, 3.8) is 0 Å². The van der Waals surface area contributed by atoms with Crippen molar-refractivity contribution in [1.29, 1.82) is 0 Å². The normalized spacial score (nSPS) is 14.1. The molecule has 1 amide bonds. The third kappa shape index (κ3) is 6.58. The summed E-state index contributed by atoms with van der Waals surface area (Å²) in [6.45, 7) is 9.49. The number of amides is 1. The van der Waals surface area contributed by atoms with Crippen molar-refractivity contribution in [1.82, 2.24) is 5.32 Å². The maximum Gasteiger partial charge on any atom is 0.326 e. The van der Waals surface area contributed by atoms with Crippen LogP contribution in [0, 0.1) is 5.92 Å². The van der Waals surface area contributed by atoms with E-state index >= 15 is 0 Å². The minimum atomic E-state index is -1.09. The Labute approximate surface area is 143 Å². The first kappa shape index (κ1) is 20.0. The van der Waals surface area contributed by atoms with Crippen LogP contribution in [-0.4, -0.2) is 34.7 Å². The molecule has 134 valence electrons. The molecule has 1 rings (SSSR count). The van der Waals surface area contributed by atoms with Gasteiger partial charge in [0.25, 0.3) is 0 Å². The van der Waals surface area contributed by atoms with Crippen molar-refractivity contribution < 1.29 is 19.4 Å². The van der Waals surface area contributed by atoms with Gasteiger partial charge in [-0.2, -0.15) is 0 Å². The number of carboxylic acids is 1. The van der Waals surface area contributed by atoms with Crippen molar-refractivity contribution in [3.8, 4) is 5.75 Å². The summed E-state index contributed by atoms with van der Waals surface area (Å²) in [5, 5.41) is 11.8. The zero-order chi connectivity index (χ0) is 18.5. The van der Waals surface area contributed by atoms with Crippen LogP contribution in [0.4, 0.5) is 0 Å². The largest absolute Gasteiger partial charge is 0.488 e. The van der Waals surface area contributed by atoms with Crippen molar-refractivity contribution in [3.05, 3.63) is 29.8 Å². The van der Waals surface area contributed by atoms with Gasteiger partial charge in [-0.1, -0.05) is 26.0 Å². The van der Waals surface area contributed by atoms with E-state index in [4.69, 9.17) is 10.5 Å². The van der Waals surface area contributed by atoms with Gasteiger partial charge in [0.2, 0.25) is 5.91 Å². The highest BCUT2D eigenvalue weighted by atomic mass is 16.5. The number of benzene rings is 1. The fourth-order valence-electron chi connectivity index (χ4n) is 2.05. The smallest absolute Gasteiger partial charge is 0.326 e. The summed E-state index contributed by atoms with van der Waals surface area (Å²) >= 11 is 0. The van der Waals surface area contributed by atoms with Gasteiger partial charge in [-0.3, -0.25) is 4.79 Å². The molecule has 0 saturated heterocycles. The molecule has 0 fully saturated rings. The van der Waals surface area contributed by atoms with Crippen molar-refractivity contribution >= 4 is 11.9 Å². The monoisotopic (exact) mass is 336 g/mol. The van der Waals surface area contributed by atoms with Gasteiger partial charge in [0, 0.05) is 6.42 Å². The fraction of sp³-hybridized carbons (Fsp3) is 0.556. The molecule has 1 aromatic carbocycles. The molecule has 0 aromatic heterocycles. The Morgan fingerprint density at radius 2 is 1.75 bits per heavy atom. The maximum atomic E-state index is 12.0. The second-order valence-electron chi connectivity index (χ2n) is 7.23. The molecular weight excluding hydrogens is 308 g/mol. The summed E-state index contributed by atoms with van der Waals surface area (Å²) < 4.78 is 5.73. The lowest BCUT2D eigenvalue weighted by molar-refractivity contribution is -0.142. The number of nitrogens with two attached hydrogens (primary N) is 1. The minimum absolute atomic E-state index is 0.0618. The Bertz CT molecular complexity index is 561. The third-order valence-corrected chi connectivity index (χ3v) is 3.42. The van der Waals surface area contributed by atoms with E-state index in [9.17, 15) is 14.7 Å². The molecule has 0 aliphatic rings. The van der Waals surface area contributed by atoms with Crippen LogP contribution >= 0.6 is 0 Å². The third-order valence-electron chi connectivity index (χ3n) is 3.42. The van der Waals surface area contributed by atoms with Gasteiger partial charge < -0.3 is 20.9 Å². The van der Waals surface area contributed by atoms with Crippen molar-refractivity contribution in [2.45, 2.75) is 58.7 Å². The lowest BCUT2D eigenvalue weighted by Crippen LogP contribution is -2.51. The fourth-order valence-corrected chi connectivity index (χ4v) is 2.05. The highest BCUT2D eigenvalue weighted by Gasteiger charge is 2.25. The first-order valence-electron chi connectivity index (χ1n) is 8.06. The molecule has 2 atom stereocenters. The van der Waals surface area contributed by atoms with Crippen LogP contribution in [0.15, 0.2) is 24.3 Å². The first-order valence-corrected chi connectivity index (χ1v) is 8.06. The topological polar surface area (TPSA) is 102 Å². The highest BCUT2D eigenvalue weighted by Crippen LogP contribution is 2.19. The van der Waals surface area contributed by atoms with Gasteiger partial charge in [0.05, 0.1) is 6.04 Å². The number of rotatable bonds is 7. The predicted octanol–water partition coefficient (Wildman–Crippen LogP) is 1.96. The van der Waals surface area contributed by atoms with Crippen molar-refractivity contribution in [2.24, 2.45) is 11.7 Å². The van der Waals surface area contributed by atoms with Crippen LogP contribution in [0.5, 0.6) is 5.75 Å². The van der Waals surface area contributed by atoms with Gasteiger partial charge in [-0.05, 0) is 44.4 Å². The highest BCUT2D eigenvalue weighted by molar-refractivity contribution is 5.87. The Morgan fingerprint density at radius 1 is 1.21 bits per heavy atom. The standard InChI is InChI=1S/C18H28N2O4/c1-11(2)15(19)16(21)20-14(17(22)23)10-12-6-8-13(9-7-12)24-18(3,4)5/h6-9,11,14-15H,10,19H2,1-5H3,(H,20,21)(H,22,23)/t14-,15-/m0/s1. The lowest BCUT2D eigenvalue weighted by atomic mass is 10.0. The lowest BCUT2D eigenvalue weighted by Gasteiger charge is -2.22. The SMILES string of the molecule is CC(C)[C@H](N)C(=O)N[C@@H](Cc1ccc(OC(C)(C)C)cc1)C(=O)O. The molecule has 4 N–H and O–H groups in total. The minimum Gasteiger partial charge on any atom is -0.488 e. The molecule has 6 nitrogen and oxygen atoms in total. The van der Waals surface area contributed by atoms with E-state index in [1.807, 2.05) is 34.6 Å². The van der Waals surface area contributed by atoms with Crippen LogP contribution in [0.25, 0.3) is 0 Å². The molecule has 0 saturated carbocycles. The van der Waals surface area contributed by atoms with Gasteiger partial charge in [0.1, 0.15) is 17.4 Å². The van der Waals surface area contributed by atoms with Gasteiger partial charge in [0.15, 0.2) is 0 Å². The average molecular weight is 336 g/mol. The zero-order valence-corrected chi connectivity index (χ0v) is 15.0. The average Bonchev–Trinajstić information content (AvgIpc) is 2.45. The summed E-state index contributed by atoms with van der Waals surface area (Å²) in [6.07, 6.45) is 0.182. The Hall–Kier alpha value is -2.08. The number of hydrogen-bond donors (Lipinski definition) is 3. The summed E-state index contributed by atoms with van der Waals surface area (Å²) in [6, 6.07) is 5.44. The Morgan fingerprint density at radius 3 is 2.17 bits per heavy atom. The van der Waals surface area contributed by atoms with E-state index in [1.165, 1.54) is 0 Å². The van der Waals surface area contributed by atoms with Crippen LogP contribution in [-0.2, 0) is 16.0 Å². The molecule has 0 unspecified atom stereocenters. The van der Waals surface area contributed by atoms with Gasteiger partial charge >= 0.3 is 5.97 Å². The van der Waals surface area contributed by atoms with E-state index in [2.05, 4.69) is 5.32 Å². The van der Waals surface area contributed by atoms with E-state index in [-0.39, 0.29) is 17.9 Å². The second-order valence-corrected chi connectivity index (χ2v) is 7.23. The molecule has 0 radical (unpaired) electrons. The quantitative estimate of drug-likeness (QED) is 0.706. The Kier molecular flexibility index (Phi) is 6.78. The molecule has 0 bridgehead atoms. The summed E-state index contributed by atoms with van der Waals surface area (Å²) in [5.74, 6) is -0.892. The number of aliphatic carboxylic acids is 1. The maximum absolute atomic E-state index is 12.0. The molecular formula is C18H28N2O4. The van der Waals surface area contributed by atoms with Gasteiger partial charge in [-0.15, -0.1) is 0 Å². The summed E-state index contributed by atoms with van der Waals surface area (Å²) in [5.41, 5.74) is 6.25. The number of hydrogen-bond acceptors (Lipinski definition) is 4.